The number of carbonyl (C=O) groups is 1. The van der Waals surface area contributed by atoms with Gasteiger partial charge in [0.1, 0.15) is 5.60 Å². The fourth-order valence-electron chi connectivity index (χ4n) is 2.63. The normalized spacial score (nSPS) is 13.4. The average Bonchev–Trinajstić information content (AvgIpc) is 2.97. The number of amides is 1. The summed E-state index contributed by atoms with van der Waals surface area (Å²) < 4.78 is 10.6. The minimum Gasteiger partial charge on any atom is -0.481 e. The summed E-state index contributed by atoms with van der Waals surface area (Å²) in [6.07, 6.45) is 2.09. The fraction of sp³-hybridized carbons (Fsp3) is 0.389. The summed E-state index contributed by atoms with van der Waals surface area (Å²) in [6, 6.07) is 7.49. The zero-order valence-electron chi connectivity index (χ0n) is 14.9. The number of hydrogen-bond donors (Lipinski definition) is 1. The SMILES string of the molecule is COc1ccnc(Nc2ccc3c(c2)CCN3C(=O)OC(C)(C)C)n1. The second-order valence-electron chi connectivity index (χ2n) is 6.77. The first-order valence-corrected chi connectivity index (χ1v) is 8.13. The predicted octanol–water partition coefficient (Wildman–Crippen LogP) is 3.53. The van der Waals surface area contributed by atoms with Crippen LogP contribution >= 0.6 is 0 Å². The molecule has 1 N–H and O–H groups in total. The monoisotopic (exact) mass is 342 g/mol. The van der Waals surface area contributed by atoms with Gasteiger partial charge >= 0.3 is 6.09 Å². The highest BCUT2D eigenvalue weighted by molar-refractivity contribution is 5.91. The lowest BCUT2D eigenvalue weighted by Crippen LogP contribution is -2.35. The molecule has 0 spiro atoms. The lowest BCUT2D eigenvalue weighted by Gasteiger charge is -2.24. The standard InChI is InChI=1S/C18H22N4O3/c1-18(2,3)25-17(23)22-10-8-12-11-13(5-6-14(12)22)20-16-19-9-7-15(21-16)24-4/h5-7,9,11H,8,10H2,1-4H3,(H,19,20,21). The molecule has 0 bridgehead atoms. The predicted molar refractivity (Wildman–Crippen MR) is 95.6 cm³/mol. The van der Waals surface area contributed by atoms with Gasteiger partial charge in [-0.25, -0.2) is 9.78 Å². The van der Waals surface area contributed by atoms with Crippen molar-refractivity contribution in [2.75, 3.05) is 23.9 Å². The Bertz CT molecular complexity index is 786. The van der Waals surface area contributed by atoms with E-state index in [1.165, 1.54) is 0 Å². The van der Waals surface area contributed by atoms with Crippen molar-refractivity contribution in [3.8, 4) is 5.88 Å². The Morgan fingerprint density at radius 1 is 1.28 bits per heavy atom. The molecule has 2 heterocycles. The molecule has 1 aliphatic heterocycles. The number of nitrogens with zero attached hydrogens (tertiary/aromatic N) is 3. The second kappa shape index (κ2) is 6.58. The number of anilines is 3. The Balaban J connectivity index is 1.76. The molecular formula is C18H22N4O3. The van der Waals surface area contributed by atoms with E-state index in [1.807, 2.05) is 39.0 Å². The van der Waals surface area contributed by atoms with Crippen molar-refractivity contribution in [3.05, 3.63) is 36.0 Å². The number of methoxy groups -OCH3 is 1. The van der Waals surface area contributed by atoms with Gasteiger partial charge in [0.05, 0.1) is 12.8 Å². The molecule has 1 aliphatic rings. The molecule has 0 saturated carbocycles. The number of carbonyl (C=O) groups excluding carboxylic acids is 1. The molecule has 1 amide bonds. The van der Waals surface area contributed by atoms with Crippen LogP contribution in [0.1, 0.15) is 26.3 Å². The van der Waals surface area contributed by atoms with Crippen LogP contribution in [0.3, 0.4) is 0 Å². The van der Waals surface area contributed by atoms with Crippen molar-refractivity contribution >= 4 is 23.4 Å². The van der Waals surface area contributed by atoms with E-state index in [0.717, 1.165) is 23.4 Å². The van der Waals surface area contributed by atoms with Crippen LogP contribution in [0.5, 0.6) is 5.88 Å². The van der Waals surface area contributed by atoms with Gasteiger partial charge in [-0.1, -0.05) is 0 Å². The van der Waals surface area contributed by atoms with E-state index in [4.69, 9.17) is 9.47 Å². The van der Waals surface area contributed by atoms with E-state index < -0.39 is 5.60 Å². The quantitative estimate of drug-likeness (QED) is 0.919. The molecule has 25 heavy (non-hydrogen) atoms. The molecule has 0 fully saturated rings. The first kappa shape index (κ1) is 17.0. The average molecular weight is 342 g/mol. The molecule has 1 aromatic carbocycles. The first-order valence-electron chi connectivity index (χ1n) is 8.13. The number of nitrogens with one attached hydrogen (secondary N) is 1. The zero-order chi connectivity index (χ0) is 18.0. The van der Waals surface area contributed by atoms with Crippen molar-refractivity contribution in [1.29, 1.82) is 0 Å². The molecule has 7 heteroatoms. The summed E-state index contributed by atoms with van der Waals surface area (Å²) in [5.74, 6) is 0.955. The van der Waals surface area contributed by atoms with Gasteiger partial charge in [0.15, 0.2) is 0 Å². The molecule has 1 aromatic heterocycles. The third-order valence-electron chi connectivity index (χ3n) is 3.68. The van der Waals surface area contributed by atoms with Crippen molar-refractivity contribution in [2.45, 2.75) is 32.8 Å². The molecular weight excluding hydrogens is 320 g/mol. The number of benzene rings is 1. The van der Waals surface area contributed by atoms with Gasteiger partial charge in [0, 0.05) is 24.5 Å². The fourth-order valence-corrected chi connectivity index (χ4v) is 2.63. The summed E-state index contributed by atoms with van der Waals surface area (Å²) in [5, 5.41) is 3.15. The maximum Gasteiger partial charge on any atom is 0.414 e. The van der Waals surface area contributed by atoms with E-state index in [0.29, 0.717) is 18.4 Å². The molecule has 0 unspecified atom stereocenters. The van der Waals surface area contributed by atoms with Crippen LogP contribution < -0.4 is 15.0 Å². The number of hydrogen-bond acceptors (Lipinski definition) is 6. The summed E-state index contributed by atoms with van der Waals surface area (Å²) in [7, 11) is 1.56. The minimum atomic E-state index is -0.509. The number of aromatic nitrogens is 2. The summed E-state index contributed by atoms with van der Waals surface area (Å²) in [6.45, 7) is 6.21. The van der Waals surface area contributed by atoms with E-state index in [-0.39, 0.29) is 6.09 Å². The van der Waals surface area contributed by atoms with Gasteiger partial charge in [-0.2, -0.15) is 4.98 Å². The van der Waals surface area contributed by atoms with Crippen LogP contribution in [-0.2, 0) is 11.2 Å². The summed E-state index contributed by atoms with van der Waals surface area (Å²) in [5.41, 5.74) is 2.31. The van der Waals surface area contributed by atoms with E-state index >= 15 is 0 Å². The van der Waals surface area contributed by atoms with Crippen LogP contribution in [0.15, 0.2) is 30.5 Å². The summed E-state index contributed by atoms with van der Waals surface area (Å²) >= 11 is 0. The van der Waals surface area contributed by atoms with E-state index in [1.54, 1.807) is 24.3 Å². The smallest absolute Gasteiger partial charge is 0.414 e. The Morgan fingerprint density at radius 3 is 2.80 bits per heavy atom. The number of ether oxygens (including phenoxy) is 2. The maximum absolute atomic E-state index is 12.3. The minimum absolute atomic E-state index is 0.317. The van der Waals surface area contributed by atoms with Crippen molar-refractivity contribution in [3.63, 3.8) is 0 Å². The van der Waals surface area contributed by atoms with Crippen LogP contribution in [-0.4, -0.2) is 35.3 Å². The van der Waals surface area contributed by atoms with Gasteiger partial charge in [0.2, 0.25) is 11.8 Å². The maximum atomic E-state index is 12.3. The van der Waals surface area contributed by atoms with Crippen molar-refractivity contribution < 1.29 is 14.3 Å². The van der Waals surface area contributed by atoms with Gasteiger partial charge < -0.3 is 14.8 Å². The van der Waals surface area contributed by atoms with Crippen LogP contribution in [0.25, 0.3) is 0 Å². The third kappa shape index (κ3) is 3.99. The molecule has 2 aromatic rings. The Kier molecular flexibility index (Phi) is 4.48. The number of rotatable bonds is 3. The summed E-state index contributed by atoms with van der Waals surface area (Å²) in [4.78, 5) is 22.4. The highest BCUT2D eigenvalue weighted by Crippen LogP contribution is 2.32. The van der Waals surface area contributed by atoms with Crippen LogP contribution in [0, 0.1) is 0 Å². The topological polar surface area (TPSA) is 76.6 Å². The Labute approximate surface area is 147 Å². The molecule has 0 radical (unpaired) electrons. The second-order valence-corrected chi connectivity index (χ2v) is 6.77. The van der Waals surface area contributed by atoms with E-state index in [9.17, 15) is 4.79 Å². The molecule has 0 atom stereocenters. The highest BCUT2D eigenvalue weighted by Gasteiger charge is 2.29. The van der Waals surface area contributed by atoms with Crippen molar-refractivity contribution in [1.82, 2.24) is 9.97 Å². The van der Waals surface area contributed by atoms with Gasteiger partial charge in [-0.15, -0.1) is 0 Å². The highest BCUT2D eigenvalue weighted by atomic mass is 16.6. The zero-order valence-corrected chi connectivity index (χ0v) is 14.9. The molecule has 3 rings (SSSR count). The molecule has 132 valence electrons. The molecule has 0 aliphatic carbocycles. The van der Waals surface area contributed by atoms with E-state index in [2.05, 4.69) is 15.3 Å². The third-order valence-corrected chi connectivity index (χ3v) is 3.68. The number of fused-ring (bicyclic) bond motifs is 1. The van der Waals surface area contributed by atoms with Crippen LogP contribution in [0.4, 0.5) is 22.1 Å². The van der Waals surface area contributed by atoms with Gasteiger partial charge in [0.25, 0.3) is 0 Å². The first-order chi connectivity index (χ1) is 11.9. The largest absolute Gasteiger partial charge is 0.481 e. The molecule has 0 saturated heterocycles. The van der Waals surface area contributed by atoms with Gasteiger partial charge in [-0.05, 0) is 51.0 Å². The Morgan fingerprint density at radius 2 is 2.08 bits per heavy atom. The lowest BCUT2D eigenvalue weighted by atomic mass is 10.1. The van der Waals surface area contributed by atoms with Crippen LogP contribution in [0.2, 0.25) is 0 Å². The van der Waals surface area contributed by atoms with Gasteiger partial charge in [-0.3, -0.25) is 4.90 Å². The van der Waals surface area contributed by atoms with Crippen molar-refractivity contribution in [2.24, 2.45) is 0 Å². The lowest BCUT2D eigenvalue weighted by molar-refractivity contribution is 0.0584. The Hall–Kier alpha value is -2.83. The molecule has 7 nitrogen and oxygen atoms in total.